The molecule has 4 fully saturated rings. The number of carbonyl (C=O) groups is 1. The third kappa shape index (κ3) is 5.80. The number of aromatic nitrogens is 3. The molecule has 2 bridgehead atoms. The molecule has 4 aromatic rings. The zero-order valence-electron chi connectivity index (χ0n) is 28.5. The first-order valence-electron chi connectivity index (χ1n) is 17.4. The van der Waals surface area contributed by atoms with Crippen LogP contribution in [0.5, 0.6) is 17.6 Å². The lowest BCUT2D eigenvalue weighted by Crippen LogP contribution is -2.59. The van der Waals surface area contributed by atoms with Crippen LogP contribution in [-0.2, 0) is 4.79 Å². The van der Waals surface area contributed by atoms with E-state index in [4.69, 9.17) is 15.9 Å². The van der Waals surface area contributed by atoms with Gasteiger partial charge < -0.3 is 24.4 Å². The number of pyridine rings is 1. The molecule has 10 nitrogen and oxygen atoms in total. The Hall–Kier alpha value is -5.04. The fourth-order valence-corrected chi connectivity index (χ4v) is 8.77. The summed E-state index contributed by atoms with van der Waals surface area (Å²) in [6, 6.07) is 3.17. The van der Waals surface area contributed by atoms with E-state index < -0.39 is 47.5 Å². The van der Waals surface area contributed by atoms with E-state index >= 15 is 8.78 Å². The van der Waals surface area contributed by atoms with Crippen molar-refractivity contribution in [2.75, 3.05) is 44.3 Å². The van der Waals surface area contributed by atoms with Crippen LogP contribution >= 0.6 is 0 Å². The second kappa shape index (κ2) is 12.8. The first kappa shape index (κ1) is 35.0. The molecule has 4 aliphatic rings. The molecule has 278 valence electrons. The predicted octanol–water partition coefficient (Wildman–Crippen LogP) is 5.91. The summed E-state index contributed by atoms with van der Waals surface area (Å²) >= 11 is 0. The topological polar surface area (TPSA) is 104 Å². The summed E-state index contributed by atoms with van der Waals surface area (Å²) in [5, 5.41) is 11.1. The Morgan fingerprint density at radius 3 is 2.53 bits per heavy atom. The van der Waals surface area contributed by atoms with Gasteiger partial charge in [-0.2, -0.15) is 23.1 Å². The number of piperazine rings is 1. The van der Waals surface area contributed by atoms with Crippen LogP contribution in [0.4, 0.5) is 32.2 Å². The minimum absolute atomic E-state index is 0.00262. The number of alkyl halides is 4. The molecule has 1 amide bonds. The third-order valence-electron chi connectivity index (χ3n) is 10.9. The molecule has 0 spiro atoms. The average molecular weight is 741 g/mol. The zero-order valence-corrected chi connectivity index (χ0v) is 28.5. The highest BCUT2D eigenvalue weighted by atomic mass is 19.4. The standard InChI is InChI=1S/C37H34F6N6O4/c1-3-24-26(39)9-6-19-12-23(50)13-25(27(19)24)30-29(40)31-28(33(44-30)52-4-2)32(47-16-21-7-8-22(17-47)49(21)34(51)37(41,42)43)46-35(45-31)53-18-36-10-5-11-48(36)15-20(38)14-36/h1,6,9,12-13,20-22,50H,4-5,7-8,10-11,14-18H2,2H3/t20-,21?,22?,36+/m0/s1. The minimum Gasteiger partial charge on any atom is -0.508 e. The van der Waals surface area contributed by atoms with Gasteiger partial charge in [0.15, 0.2) is 5.82 Å². The van der Waals surface area contributed by atoms with E-state index in [1.165, 1.54) is 18.2 Å². The van der Waals surface area contributed by atoms with Crippen molar-refractivity contribution in [3.63, 3.8) is 0 Å². The summed E-state index contributed by atoms with van der Waals surface area (Å²) in [5.74, 6) is -1.74. The number of benzene rings is 2. The van der Waals surface area contributed by atoms with Gasteiger partial charge in [0.05, 0.1) is 29.8 Å². The Morgan fingerprint density at radius 1 is 1.08 bits per heavy atom. The number of halogens is 6. The summed E-state index contributed by atoms with van der Waals surface area (Å²) < 4.78 is 99.8. The Morgan fingerprint density at radius 2 is 1.83 bits per heavy atom. The summed E-state index contributed by atoms with van der Waals surface area (Å²) in [6.07, 6.45) is 1.96. The molecule has 0 aliphatic carbocycles. The van der Waals surface area contributed by atoms with E-state index in [1.54, 1.807) is 11.8 Å². The van der Waals surface area contributed by atoms with Crippen molar-refractivity contribution in [2.24, 2.45) is 0 Å². The highest BCUT2D eigenvalue weighted by Gasteiger charge is 2.53. The van der Waals surface area contributed by atoms with Gasteiger partial charge in [0, 0.05) is 37.0 Å². The van der Waals surface area contributed by atoms with Crippen LogP contribution in [0, 0.1) is 24.0 Å². The molecule has 4 aliphatic heterocycles. The monoisotopic (exact) mass is 740 g/mol. The number of phenols is 1. The fourth-order valence-electron chi connectivity index (χ4n) is 8.77. The van der Waals surface area contributed by atoms with Crippen LogP contribution in [0.3, 0.4) is 0 Å². The number of terminal acetylenes is 1. The number of amides is 1. The molecule has 8 rings (SSSR count). The van der Waals surface area contributed by atoms with E-state index in [9.17, 15) is 27.5 Å². The molecule has 53 heavy (non-hydrogen) atoms. The largest absolute Gasteiger partial charge is 0.508 e. The predicted molar refractivity (Wildman–Crippen MR) is 181 cm³/mol. The van der Waals surface area contributed by atoms with Crippen molar-refractivity contribution in [2.45, 2.75) is 69.0 Å². The lowest BCUT2D eigenvalue weighted by molar-refractivity contribution is -0.188. The van der Waals surface area contributed by atoms with Gasteiger partial charge in [0.25, 0.3) is 0 Å². The summed E-state index contributed by atoms with van der Waals surface area (Å²) in [5.41, 5.74) is -1.56. The van der Waals surface area contributed by atoms with Crippen LogP contribution in [0.15, 0.2) is 24.3 Å². The van der Waals surface area contributed by atoms with Crippen LogP contribution in [-0.4, -0.2) is 105 Å². The first-order valence-corrected chi connectivity index (χ1v) is 17.4. The third-order valence-corrected chi connectivity index (χ3v) is 10.9. The smallest absolute Gasteiger partial charge is 0.471 e. The molecule has 2 aromatic carbocycles. The number of hydrogen-bond donors (Lipinski definition) is 1. The van der Waals surface area contributed by atoms with Crippen LogP contribution in [0.1, 0.15) is 44.6 Å². The molecule has 2 unspecified atom stereocenters. The van der Waals surface area contributed by atoms with Gasteiger partial charge in [-0.15, -0.1) is 6.42 Å². The van der Waals surface area contributed by atoms with Crippen molar-refractivity contribution >= 4 is 33.4 Å². The molecule has 4 atom stereocenters. The molecule has 6 heterocycles. The van der Waals surface area contributed by atoms with Gasteiger partial charge in [0.2, 0.25) is 5.88 Å². The Bertz CT molecular complexity index is 2180. The van der Waals surface area contributed by atoms with Crippen LogP contribution in [0.2, 0.25) is 0 Å². The van der Waals surface area contributed by atoms with E-state index in [-0.39, 0.29) is 95.8 Å². The highest BCUT2D eigenvalue weighted by molar-refractivity contribution is 6.04. The van der Waals surface area contributed by atoms with Gasteiger partial charge in [-0.1, -0.05) is 12.0 Å². The van der Waals surface area contributed by atoms with E-state index in [0.717, 1.165) is 17.4 Å². The van der Waals surface area contributed by atoms with Crippen molar-refractivity contribution < 1.29 is 45.7 Å². The maximum absolute atomic E-state index is 17.2. The van der Waals surface area contributed by atoms with Gasteiger partial charge in [-0.05, 0) is 62.7 Å². The molecule has 16 heteroatoms. The van der Waals surface area contributed by atoms with Gasteiger partial charge in [-0.25, -0.2) is 18.2 Å². The number of fused-ring (bicyclic) bond motifs is 5. The Labute approximate surface area is 299 Å². The molecular weight excluding hydrogens is 706 g/mol. The molecule has 2 aromatic heterocycles. The number of phenolic OH excluding ortho intramolecular Hbond substituents is 1. The number of nitrogens with zero attached hydrogens (tertiary/aromatic N) is 6. The van der Waals surface area contributed by atoms with Crippen LogP contribution in [0.25, 0.3) is 32.9 Å². The number of hydrogen-bond acceptors (Lipinski definition) is 9. The van der Waals surface area contributed by atoms with E-state index in [1.807, 2.05) is 4.90 Å². The lowest BCUT2D eigenvalue weighted by Gasteiger charge is -2.42. The maximum Gasteiger partial charge on any atom is 0.471 e. The molecular formula is C37H34F6N6O4. The fraction of sp³-hybridized carbons (Fsp3) is 0.459. The Balaban J connectivity index is 1.31. The van der Waals surface area contributed by atoms with Crippen molar-refractivity contribution in [1.29, 1.82) is 0 Å². The van der Waals surface area contributed by atoms with Crippen molar-refractivity contribution in [3.05, 3.63) is 41.5 Å². The van der Waals surface area contributed by atoms with Gasteiger partial charge >= 0.3 is 18.1 Å². The average Bonchev–Trinajstić information content (AvgIpc) is 3.73. The van der Waals surface area contributed by atoms with Gasteiger partial charge in [-0.3, -0.25) is 9.69 Å². The number of anilines is 1. The zero-order chi connectivity index (χ0) is 37.4. The van der Waals surface area contributed by atoms with E-state index in [0.29, 0.717) is 31.2 Å². The summed E-state index contributed by atoms with van der Waals surface area (Å²) in [6.45, 7) is 2.52. The highest BCUT2D eigenvalue weighted by Crippen LogP contribution is 2.45. The van der Waals surface area contributed by atoms with Crippen molar-refractivity contribution in [1.82, 2.24) is 24.8 Å². The molecule has 4 saturated heterocycles. The number of carbonyl (C=O) groups excluding carboxylic acids is 1. The Kier molecular flexibility index (Phi) is 8.47. The van der Waals surface area contributed by atoms with Crippen LogP contribution < -0.4 is 14.4 Å². The second-order valence-corrected chi connectivity index (χ2v) is 14.1. The number of aromatic hydroxyl groups is 1. The molecule has 0 saturated carbocycles. The summed E-state index contributed by atoms with van der Waals surface area (Å²) in [4.78, 5) is 30.7. The van der Waals surface area contributed by atoms with E-state index in [2.05, 4.69) is 20.9 Å². The summed E-state index contributed by atoms with van der Waals surface area (Å²) in [7, 11) is 0. The lowest BCUT2D eigenvalue weighted by atomic mass is 9.95. The number of rotatable bonds is 7. The molecule has 0 radical (unpaired) electrons. The quantitative estimate of drug-likeness (QED) is 0.183. The van der Waals surface area contributed by atoms with Crippen molar-refractivity contribution in [3.8, 4) is 41.2 Å². The first-order chi connectivity index (χ1) is 25.3. The number of ether oxygens (including phenoxy) is 2. The maximum atomic E-state index is 17.2. The minimum atomic E-state index is -5.05. The van der Waals surface area contributed by atoms with Gasteiger partial charge in [0.1, 0.15) is 46.8 Å². The molecule has 1 N–H and O–H groups in total. The SMILES string of the molecule is C#Cc1c(F)ccc2cc(O)cc(-c3nc(OCC)c4c(N5CC6CCC(C5)N6C(=O)C(F)(F)F)nc(OC[C@]56CCCN5C[C@@H](F)C6)nc4c3F)c12. The second-order valence-electron chi connectivity index (χ2n) is 14.1. The normalized spacial score (nSPS) is 24.2.